The monoisotopic (exact) mass is 889 g/mol. The van der Waals surface area contributed by atoms with Gasteiger partial charge >= 0.3 is 17.9 Å². The predicted molar refractivity (Wildman–Crippen MR) is 247 cm³/mol. The molecule has 0 aromatic carbocycles. The number of hydrogen-bond acceptors (Lipinski definition) is 10. The molecule has 2 aliphatic heterocycles. The van der Waals surface area contributed by atoms with E-state index in [0.717, 1.165) is 90.9 Å². The molecular weight excluding hydrogens is 796 g/mol. The first kappa shape index (κ1) is 56.7. The average molecular weight is 890 g/mol. The average Bonchev–Trinajstić information content (AvgIpc) is 3.26. The van der Waals surface area contributed by atoms with E-state index in [-0.39, 0.29) is 34.8 Å². The highest BCUT2D eigenvalue weighted by Gasteiger charge is 2.34. The molecule has 2 saturated heterocycles. The molecule has 0 amide bonds. The van der Waals surface area contributed by atoms with Crippen molar-refractivity contribution >= 4 is 33.8 Å². The Kier molecular flexibility index (Phi) is 41.5. The standard InChI is InChI=1S/C30H58N2O4.C13H25BrO2.C4H10N2/c1-5-7-9-11-13-15-17-19-21-27(29(33)35-3)31-23-25-32(26-24-31)28(30(34)36-4)22-20-18-16-14-12-10-8-6-2;1-3-4-5-6-7-8-9-10-11-12(14)13(15)16-2;1-2-6-4-3-5-1/h27-28H,5-26H2,1-4H3;12H,3-11H2,1-2H3;5-6H,1-4H2. The summed E-state index contributed by atoms with van der Waals surface area (Å²) in [4.78, 5) is 40.6. The first-order valence-corrected chi connectivity index (χ1v) is 25.0. The summed E-state index contributed by atoms with van der Waals surface area (Å²) in [6, 6.07) is -0.331. The van der Waals surface area contributed by atoms with Crippen molar-refractivity contribution in [2.75, 3.05) is 73.7 Å². The second-order valence-corrected chi connectivity index (χ2v) is 17.5. The molecule has 0 aromatic rings. The fourth-order valence-electron chi connectivity index (χ4n) is 7.78. The fourth-order valence-corrected chi connectivity index (χ4v) is 8.29. The number of rotatable bonds is 32. The van der Waals surface area contributed by atoms with Crippen LogP contribution in [0.1, 0.15) is 194 Å². The van der Waals surface area contributed by atoms with Crippen LogP contribution in [0.5, 0.6) is 0 Å². The lowest BCUT2D eigenvalue weighted by molar-refractivity contribution is -0.152. The summed E-state index contributed by atoms with van der Waals surface area (Å²) < 4.78 is 15.0. The van der Waals surface area contributed by atoms with E-state index in [0.29, 0.717) is 0 Å². The molecule has 2 rings (SSSR count). The van der Waals surface area contributed by atoms with Crippen molar-refractivity contribution < 1.29 is 28.6 Å². The van der Waals surface area contributed by atoms with Gasteiger partial charge in [-0.3, -0.25) is 24.2 Å². The summed E-state index contributed by atoms with van der Waals surface area (Å²) in [5, 5.41) is 6.44. The summed E-state index contributed by atoms with van der Waals surface area (Å²) in [6.07, 6.45) is 33.2. The molecule has 11 heteroatoms. The van der Waals surface area contributed by atoms with Crippen LogP contribution in [0.4, 0.5) is 0 Å². The Labute approximate surface area is 366 Å². The van der Waals surface area contributed by atoms with Gasteiger partial charge in [-0.25, -0.2) is 0 Å². The van der Waals surface area contributed by atoms with E-state index >= 15 is 0 Å². The maximum absolute atomic E-state index is 12.6. The topological polar surface area (TPSA) is 109 Å². The number of methoxy groups -OCH3 is 3. The van der Waals surface area contributed by atoms with Crippen LogP contribution in [-0.2, 0) is 28.6 Å². The van der Waals surface area contributed by atoms with Gasteiger partial charge in [0, 0.05) is 52.4 Å². The minimum absolute atomic E-state index is 0.113. The number of unbranched alkanes of at least 4 members (excludes halogenated alkanes) is 21. The Hall–Kier alpha value is -1.27. The third-order valence-corrected chi connectivity index (χ3v) is 12.4. The molecule has 58 heavy (non-hydrogen) atoms. The SMILES string of the molecule is C1CNCCN1.CCCCCCCCCCC(Br)C(=O)OC.CCCCCCCCCCC(C(=O)OC)N1CCN(C(CCCCCCCCCC)C(=O)OC)CC1. The van der Waals surface area contributed by atoms with Crippen LogP contribution >= 0.6 is 15.9 Å². The Morgan fingerprint density at radius 2 is 0.690 bits per heavy atom. The zero-order valence-electron chi connectivity index (χ0n) is 38.7. The molecule has 0 bridgehead atoms. The molecule has 0 spiro atoms. The molecule has 3 atom stereocenters. The van der Waals surface area contributed by atoms with Gasteiger partial charge in [-0.15, -0.1) is 0 Å². The van der Waals surface area contributed by atoms with Crippen molar-refractivity contribution in [1.29, 1.82) is 0 Å². The number of ether oxygens (including phenoxy) is 3. The maximum atomic E-state index is 12.6. The molecule has 3 unspecified atom stereocenters. The Balaban J connectivity index is 0.00000120. The lowest BCUT2D eigenvalue weighted by Gasteiger charge is -2.40. The van der Waals surface area contributed by atoms with E-state index in [2.05, 4.69) is 61.9 Å². The largest absolute Gasteiger partial charge is 0.468 e. The van der Waals surface area contributed by atoms with Gasteiger partial charge in [-0.05, 0) is 19.3 Å². The molecule has 0 aliphatic carbocycles. The quantitative estimate of drug-likeness (QED) is 0.0293. The van der Waals surface area contributed by atoms with Gasteiger partial charge in [0.15, 0.2) is 0 Å². The second kappa shape index (κ2) is 42.4. The highest BCUT2D eigenvalue weighted by atomic mass is 79.9. The highest BCUT2D eigenvalue weighted by Crippen LogP contribution is 2.21. The Morgan fingerprint density at radius 1 is 0.431 bits per heavy atom. The zero-order chi connectivity index (χ0) is 42.9. The molecule has 2 fully saturated rings. The van der Waals surface area contributed by atoms with Gasteiger partial charge < -0.3 is 24.8 Å². The minimum Gasteiger partial charge on any atom is -0.468 e. The molecular formula is C47H93BrN4O6. The van der Waals surface area contributed by atoms with E-state index < -0.39 is 0 Å². The van der Waals surface area contributed by atoms with Gasteiger partial charge in [0.05, 0.1) is 21.3 Å². The van der Waals surface area contributed by atoms with E-state index in [1.165, 1.54) is 156 Å². The summed E-state index contributed by atoms with van der Waals surface area (Å²) in [5.74, 6) is -0.382. The lowest BCUT2D eigenvalue weighted by atomic mass is 10.0. The van der Waals surface area contributed by atoms with Crippen LogP contribution in [0.3, 0.4) is 0 Å². The van der Waals surface area contributed by atoms with Gasteiger partial charge in [0.25, 0.3) is 0 Å². The first-order chi connectivity index (χ1) is 28.3. The van der Waals surface area contributed by atoms with Gasteiger partial charge in [-0.1, -0.05) is 191 Å². The molecule has 2 aliphatic rings. The molecule has 0 saturated carbocycles. The number of carbonyl (C=O) groups excluding carboxylic acids is 3. The smallest absolute Gasteiger partial charge is 0.323 e. The van der Waals surface area contributed by atoms with Crippen LogP contribution < -0.4 is 10.6 Å². The Morgan fingerprint density at radius 3 is 0.948 bits per heavy atom. The predicted octanol–water partition coefficient (Wildman–Crippen LogP) is 10.4. The van der Waals surface area contributed by atoms with Crippen LogP contribution in [0, 0.1) is 0 Å². The van der Waals surface area contributed by atoms with Crippen LogP contribution in [0.2, 0.25) is 0 Å². The zero-order valence-corrected chi connectivity index (χ0v) is 40.3. The van der Waals surface area contributed by atoms with Crippen molar-refractivity contribution in [1.82, 2.24) is 20.4 Å². The number of nitrogens with zero attached hydrogens (tertiary/aromatic N) is 2. The number of nitrogens with one attached hydrogen (secondary N) is 2. The molecule has 0 aromatic heterocycles. The molecule has 2 heterocycles. The molecule has 0 radical (unpaired) electrons. The normalized spacial score (nSPS) is 16.2. The number of piperazine rings is 2. The summed E-state index contributed by atoms with van der Waals surface area (Å²) in [5.41, 5.74) is 0. The minimum atomic E-state index is -0.165. The van der Waals surface area contributed by atoms with E-state index in [1.807, 2.05) is 0 Å². The van der Waals surface area contributed by atoms with Gasteiger partial charge in [-0.2, -0.15) is 0 Å². The third-order valence-electron chi connectivity index (χ3n) is 11.6. The fraction of sp³-hybridized carbons (Fsp3) is 0.936. The Bertz CT molecular complexity index is 875. The number of hydrogen-bond donors (Lipinski definition) is 2. The lowest BCUT2D eigenvalue weighted by Crippen LogP contribution is -2.56. The van der Waals surface area contributed by atoms with E-state index in [9.17, 15) is 14.4 Å². The van der Waals surface area contributed by atoms with Crippen molar-refractivity contribution in [3.05, 3.63) is 0 Å². The van der Waals surface area contributed by atoms with Crippen LogP contribution in [0.15, 0.2) is 0 Å². The van der Waals surface area contributed by atoms with Gasteiger partial charge in [0.1, 0.15) is 16.9 Å². The molecule has 10 nitrogen and oxygen atoms in total. The number of carbonyl (C=O) groups is 3. The third kappa shape index (κ3) is 31.6. The molecule has 2 N–H and O–H groups in total. The van der Waals surface area contributed by atoms with Crippen molar-refractivity contribution in [3.63, 3.8) is 0 Å². The van der Waals surface area contributed by atoms with Crippen LogP contribution in [-0.4, -0.2) is 118 Å². The van der Waals surface area contributed by atoms with Gasteiger partial charge in [0.2, 0.25) is 0 Å². The van der Waals surface area contributed by atoms with Crippen molar-refractivity contribution in [2.24, 2.45) is 0 Å². The second-order valence-electron chi connectivity index (χ2n) is 16.4. The van der Waals surface area contributed by atoms with E-state index in [1.54, 1.807) is 0 Å². The summed E-state index contributed by atoms with van der Waals surface area (Å²) >= 11 is 3.33. The molecule has 344 valence electrons. The summed E-state index contributed by atoms with van der Waals surface area (Å²) in [6.45, 7) is 14.5. The summed E-state index contributed by atoms with van der Waals surface area (Å²) in [7, 11) is 4.43. The maximum Gasteiger partial charge on any atom is 0.323 e. The van der Waals surface area contributed by atoms with Crippen LogP contribution in [0.25, 0.3) is 0 Å². The highest BCUT2D eigenvalue weighted by molar-refractivity contribution is 9.10. The van der Waals surface area contributed by atoms with Crippen molar-refractivity contribution in [2.45, 2.75) is 211 Å². The van der Waals surface area contributed by atoms with Crippen molar-refractivity contribution in [3.8, 4) is 0 Å². The number of esters is 3. The number of alkyl halides is 1. The first-order valence-electron chi connectivity index (χ1n) is 24.1. The number of halogens is 1. The van der Waals surface area contributed by atoms with E-state index in [4.69, 9.17) is 9.47 Å².